The summed E-state index contributed by atoms with van der Waals surface area (Å²) in [4.78, 5) is 12.2. The molecular formula is C14H12ClFN2O2. The number of aryl methyl sites for hydroxylation is 1. The van der Waals surface area contributed by atoms with Crippen LogP contribution in [0.1, 0.15) is 34.7 Å². The third kappa shape index (κ3) is 2.41. The van der Waals surface area contributed by atoms with Gasteiger partial charge in [-0.1, -0.05) is 16.8 Å². The minimum atomic E-state index is -0.525. The van der Waals surface area contributed by atoms with E-state index in [4.69, 9.17) is 16.1 Å². The van der Waals surface area contributed by atoms with Crippen molar-refractivity contribution in [3.05, 3.63) is 46.1 Å². The van der Waals surface area contributed by atoms with Gasteiger partial charge in [-0.05, 0) is 37.5 Å². The van der Waals surface area contributed by atoms with Gasteiger partial charge < -0.3 is 9.84 Å². The number of aromatic nitrogens is 1. The van der Waals surface area contributed by atoms with Gasteiger partial charge in [-0.3, -0.25) is 4.79 Å². The van der Waals surface area contributed by atoms with Crippen molar-refractivity contribution in [2.45, 2.75) is 25.7 Å². The summed E-state index contributed by atoms with van der Waals surface area (Å²) in [5.41, 5.74) is 1.61. The molecule has 0 spiro atoms. The highest BCUT2D eigenvalue weighted by Gasteiger charge is 2.24. The van der Waals surface area contributed by atoms with Crippen molar-refractivity contribution in [1.29, 1.82) is 0 Å². The van der Waals surface area contributed by atoms with Crippen molar-refractivity contribution in [2.24, 2.45) is 0 Å². The van der Waals surface area contributed by atoms with Gasteiger partial charge in [-0.2, -0.15) is 0 Å². The van der Waals surface area contributed by atoms with Gasteiger partial charge in [0.1, 0.15) is 11.6 Å². The van der Waals surface area contributed by atoms with Gasteiger partial charge >= 0.3 is 0 Å². The number of halogens is 2. The second-order valence-corrected chi connectivity index (χ2v) is 5.13. The van der Waals surface area contributed by atoms with Crippen molar-refractivity contribution < 1.29 is 13.7 Å². The van der Waals surface area contributed by atoms with E-state index in [0.29, 0.717) is 11.4 Å². The normalized spacial score (nSPS) is 13.9. The molecule has 1 heterocycles. The van der Waals surface area contributed by atoms with Crippen molar-refractivity contribution in [2.75, 3.05) is 5.32 Å². The summed E-state index contributed by atoms with van der Waals surface area (Å²) >= 11 is 5.68. The molecule has 1 aliphatic carbocycles. The number of amides is 1. The Kier molecular flexibility index (Phi) is 3.44. The van der Waals surface area contributed by atoms with Crippen LogP contribution < -0.4 is 5.32 Å². The molecule has 2 aromatic rings. The lowest BCUT2D eigenvalue weighted by Crippen LogP contribution is -2.15. The number of nitrogens with zero attached hydrogens (tertiary/aromatic N) is 1. The molecule has 4 nitrogen and oxygen atoms in total. The van der Waals surface area contributed by atoms with E-state index in [9.17, 15) is 9.18 Å². The van der Waals surface area contributed by atoms with Gasteiger partial charge in [0.25, 0.3) is 5.91 Å². The van der Waals surface area contributed by atoms with Crippen LogP contribution in [-0.4, -0.2) is 11.1 Å². The quantitative estimate of drug-likeness (QED) is 0.921. The van der Waals surface area contributed by atoms with Crippen LogP contribution in [0.2, 0.25) is 5.02 Å². The first kappa shape index (κ1) is 13.1. The Morgan fingerprint density at radius 3 is 2.95 bits per heavy atom. The second-order valence-electron chi connectivity index (χ2n) is 4.72. The molecule has 20 heavy (non-hydrogen) atoms. The molecule has 0 unspecified atom stereocenters. The fourth-order valence-corrected chi connectivity index (χ4v) is 2.51. The summed E-state index contributed by atoms with van der Waals surface area (Å²) in [5, 5.41) is 6.45. The summed E-state index contributed by atoms with van der Waals surface area (Å²) in [7, 11) is 0. The summed E-state index contributed by atoms with van der Waals surface area (Å²) in [6.07, 6.45) is 3.69. The minimum absolute atomic E-state index is 0.0371. The van der Waals surface area contributed by atoms with E-state index in [1.165, 1.54) is 18.2 Å². The number of benzene rings is 1. The van der Waals surface area contributed by atoms with Crippen LogP contribution >= 0.6 is 11.6 Å². The van der Waals surface area contributed by atoms with Crippen LogP contribution in [-0.2, 0) is 12.8 Å². The highest BCUT2D eigenvalue weighted by molar-refractivity contribution is 6.31. The lowest BCUT2D eigenvalue weighted by atomic mass is 9.96. The predicted molar refractivity (Wildman–Crippen MR) is 72.5 cm³/mol. The first-order valence-electron chi connectivity index (χ1n) is 6.39. The molecule has 1 aliphatic rings. The highest BCUT2D eigenvalue weighted by atomic mass is 35.5. The standard InChI is InChI=1S/C14H12ClFN2O2/c15-10-7-8(5-6-11(10)16)17-14(19)13-9-3-1-2-4-12(9)20-18-13/h5-7H,1-4H2,(H,17,19). The summed E-state index contributed by atoms with van der Waals surface area (Å²) in [5.74, 6) is -0.0957. The van der Waals surface area contributed by atoms with Crippen LogP contribution in [0, 0.1) is 5.82 Å². The number of hydrogen-bond acceptors (Lipinski definition) is 3. The van der Waals surface area contributed by atoms with E-state index in [1.54, 1.807) is 0 Å². The van der Waals surface area contributed by atoms with E-state index in [2.05, 4.69) is 10.5 Å². The summed E-state index contributed by atoms with van der Waals surface area (Å²) in [6.45, 7) is 0. The zero-order chi connectivity index (χ0) is 14.1. The monoisotopic (exact) mass is 294 g/mol. The van der Waals surface area contributed by atoms with E-state index in [1.807, 2.05) is 0 Å². The van der Waals surface area contributed by atoms with Gasteiger partial charge in [-0.25, -0.2) is 4.39 Å². The molecule has 0 radical (unpaired) electrons. The Morgan fingerprint density at radius 2 is 2.15 bits per heavy atom. The van der Waals surface area contributed by atoms with Gasteiger partial charge in [0.15, 0.2) is 5.69 Å². The molecule has 1 amide bonds. The third-order valence-corrected chi connectivity index (χ3v) is 3.63. The smallest absolute Gasteiger partial charge is 0.278 e. The molecule has 0 atom stereocenters. The Labute approximate surface area is 119 Å². The number of anilines is 1. The number of rotatable bonds is 2. The molecule has 1 aromatic carbocycles. The number of carbonyl (C=O) groups excluding carboxylic acids is 1. The maximum absolute atomic E-state index is 13.1. The van der Waals surface area contributed by atoms with Gasteiger partial charge in [0.05, 0.1) is 5.02 Å². The summed E-state index contributed by atoms with van der Waals surface area (Å²) in [6, 6.07) is 4.02. The largest absolute Gasteiger partial charge is 0.360 e. The molecule has 104 valence electrons. The lowest BCUT2D eigenvalue weighted by molar-refractivity contribution is 0.101. The molecule has 0 saturated carbocycles. The van der Waals surface area contributed by atoms with Crippen molar-refractivity contribution >= 4 is 23.2 Å². The molecule has 0 saturated heterocycles. The van der Waals surface area contributed by atoms with Crippen molar-refractivity contribution in [3.8, 4) is 0 Å². The Balaban J connectivity index is 1.82. The number of fused-ring (bicyclic) bond motifs is 1. The topological polar surface area (TPSA) is 55.1 Å². The molecule has 1 aromatic heterocycles. The average Bonchev–Trinajstić information content (AvgIpc) is 2.87. The number of hydrogen-bond donors (Lipinski definition) is 1. The van der Waals surface area contributed by atoms with Crippen LogP contribution in [0.15, 0.2) is 22.7 Å². The fraction of sp³-hybridized carbons (Fsp3) is 0.286. The van der Waals surface area contributed by atoms with Crippen LogP contribution in [0.4, 0.5) is 10.1 Å². The van der Waals surface area contributed by atoms with E-state index in [0.717, 1.165) is 37.0 Å². The minimum Gasteiger partial charge on any atom is -0.360 e. The Hall–Kier alpha value is -1.88. The molecule has 0 bridgehead atoms. The predicted octanol–water partition coefficient (Wildman–Crippen LogP) is 3.60. The maximum Gasteiger partial charge on any atom is 0.278 e. The van der Waals surface area contributed by atoms with Gasteiger partial charge in [0.2, 0.25) is 0 Å². The highest BCUT2D eigenvalue weighted by Crippen LogP contribution is 2.25. The van der Waals surface area contributed by atoms with Crippen molar-refractivity contribution in [1.82, 2.24) is 5.16 Å². The third-order valence-electron chi connectivity index (χ3n) is 3.34. The lowest BCUT2D eigenvalue weighted by Gasteiger charge is -2.09. The second kappa shape index (κ2) is 5.25. The van der Waals surface area contributed by atoms with Crippen molar-refractivity contribution in [3.63, 3.8) is 0 Å². The van der Waals surface area contributed by atoms with Crippen LogP contribution in [0.5, 0.6) is 0 Å². The zero-order valence-corrected chi connectivity index (χ0v) is 11.3. The number of carbonyl (C=O) groups is 1. The van der Waals surface area contributed by atoms with E-state index < -0.39 is 5.82 Å². The molecule has 3 rings (SSSR count). The molecule has 1 N–H and O–H groups in total. The molecule has 0 aliphatic heterocycles. The van der Waals surface area contributed by atoms with Crippen LogP contribution in [0.3, 0.4) is 0 Å². The first-order valence-corrected chi connectivity index (χ1v) is 6.77. The fourth-order valence-electron chi connectivity index (χ4n) is 2.33. The summed E-state index contributed by atoms with van der Waals surface area (Å²) < 4.78 is 18.3. The van der Waals surface area contributed by atoms with Gasteiger partial charge in [-0.15, -0.1) is 0 Å². The zero-order valence-electron chi connectivity index (χ0n) is 10.6. The first-order chi connectivity index (χ1) is 9.65. The molecular weight excluding hydrogens is 283 g/mol. The Bertz CT molecular complexity index is 669. The maximum atomic E-state index is 13.1. The van der Waals surface area contributed by atoms with Gasteiger partial charge in [0, 0.05) is 17.7 Å². The molecule has 6 heteroatoms. The molecule has 0 fully saturated rings. The van der Waals surface area contributed by atoms with E-state index in [-0.39, 0.29) is 10.9 Å². The Morgan fingerprint density at radius 1 is 1.35 bits per heavy atom. The SMILES string of the molecule is O=C(Nc1ccc(F)c(Cl)c1)c1noc2c1CCCC2. The number of nitrogens with one attached hydrogen (secondary N) is 1. The van der Waals surface area contributed by atoms with Crippen LogP contribution in [0.25, 0.3) is 0 Å². The van der Waals surface area contributed by atoms with E-state index >= 15 is 0 Å². The average molecular weight is 295 g/mol.